The molecular weight excluding hydrogens is 424 g/mol. The number of nitrogens with zero attached hydrogens (tertiary/aromatic N) is 3. The van der Waals surface area contributed by atoms with E-state index in [4.69, 9.17) is 14.0 Å². The van der Waals surface area contributed by atoms with Crippen molar-refractivity contribution >= 4 is 22.5 Å². The molecule has 0 atom stereocenters. The second-order valence-corrected chi connectivity index (χ2v) is 7.85. The van der Waals surface area contributed by atoms with Gasteiger partial charge in [0.15, 0.2) is 5.82 Å². The maximum atomic E-state index is 13.0. The van der Waals surface area contributed by atoms with Crippen molar-refractivity contribution in [3.8, 4) is 23.0 Å². The Morgan fingerprint density at radius 2 is 1.97 bits per heavy atom. The molecule has 1 N–H and O–H groups in total. The van der Waals surface area contributed by atoms with Gasteiger partial charge in [0.2, 0.25) is 5.91 Å². The van der Waals surface area contributed by atoms with Crippen molar-refractivity contribution in [2.75, 3.05) is 19.5 Å². The Morgan fingerprint density at radius 1 is 1.15 bits per heavy atom. The standard InChI is InChI=1S/C24H22N4O5/c1-31-15-9-10-18(20(11-15)32-2)25-21(29)13-28-19-6-4-3-5-16(19)17(12-22(28)30)24-26-23(27-33-24)14-7-8-14/h3-6,9-12,14H,7-8,13H2,1-2H3,(H,25,29). The number of hydrogen-bond donors (Lipinski definition) is 1. The van der Waals surface area contributed by atoms with E-state index >= 15 is 0 Å². The van der Waals surface area contributed by atoms with E-state index < -0.39 is 0 Å². The average molecular weight is 446 g/mol. The molecule has 0 saturated heterocycles. The topological polar surface area (TPSA) is 108 Å². The number of methoxy groups -OCH3 is 2. The van der Waals surface area contributed by atoms with Crippen LogP contribution in [0.3, 0.4) is 0 Å². The van der Waals surface area contributed by atoms with Gasteiger partial charge >= 0.3 is 0 Å². The van der Waals surface area contributed by atoms with Crippen LogP contribution < -0.4 is 20.3 Å². The fourth-order valence-electron chi connectivity index (χ4n) is 3.76. The van der Waals surface area contributed by atoms with Gasteiger partial charge in [-0.1, -0.05) is 23.4 Å². The maximum absolute atomic E-state index is 13.0. The molecule has 1 fully saturated rings. The SMILES string of the molecule is COc1ccc(NC(=O)Cn2c(=O)cc(-c3nc(C4CC4)no3)c3ccccc32)c(OC)c1. The predicted octanol–water partition coefficient (Wildman–Crippen LogP) is 3.58. The van der Waals surface area contributed by atoms with Gasteiger partial charge in [0, 0.05) is 23.4 Å². The van der Waals surface area contributed by atoms with Gasteiger partial charge in [-0.2, -0.15) is 4.98 Å². The third-order valence-corrected chi connectivity index (χ3v) is 5.62. The fourth-order valence-corrected chi connectivity index (χ4v) is 3.76. The molecular formula is C24H22N4O5. The normalized spacial score (nSPS) is 13.2. The lowest BCUT2D eigenvalue weighted by atomic mass is 10.1. The third kappa shape index (κ3) is 4.05. The second kappa shape index (κ2) is 8.42. The number of ether oxygens (including phenoxy) is 2. The van der Waals surface area contributed by atoms with Gasteiger partial charge in [-0.05, 0) is 31.0 Å². The van der Waals surface area contributed by atoms with Crippen molar-refractivity contribution in [3.63, 3.8) is 0 Å². The minimum absolute atomic E-state index is 0.175. The average Bonchev–Trinajstić information content (AvgIpc) is 3.57. The Kier molecular flexibility index (Phi) is 5.29. The van der Waals surface area contributed by atoms with Gasteiger partial charge < -0.3 is 19.3 Å². The minimum Gasteiger partial charge on any atom is -0.497 e. The lowest BCUT2D eigenvalue weighted by Gasteiger charge is -2.14. The van der Waals surface area contributed by atoms with Crippen LogP contribution >= 0.6 is 0 Å². The third-order valence-electron chi connectivity index (χ3n) is 5.62. The Labute approximate surface area is 188 Å². The van der Waals surface area contributed by atoms with Crippen LogP contribution in [-0.4, -0.2) is 34.8 Å². The van der Waals surface area contributed by atoms with Gasteiger partial charge in [0.25, 0.3) is 11.4 Å². The monoisotopic (exact) mass is 446 g/mol. The number of carbonyl (C=O) groups is 1. The summed E-state index contributed by atoms with van der Waals surface area (Å²) in [5, 5.41) is 7.61. The first-order chi connectivity index (χ1) is 16.1. The molecule has 1 aliphatic rings. The number of para-hydroxylation sites is 1. The zero-order valence-electron chi connectivity index (χ0n) is 18.2. The highest BCUT2D eigenvalue weighted by Crippen LogP contribution is 2.39. The summed E-state index contributed by atoms with van der Waals surface area (Å²) < 4.78 is 17.4. The number of anilines is 1. The number of benzene rings is 2. The largest absolute Gasteiger partial charge is 0.497 e. The number of rotatable bonds is 7. The van der Waals surface area contributed by atoms with E-state index in [9.17, 15) is 9.59 Å². The Morgan fingerprint density at radius 3 is 2.73 bits per heavy atom. The van der Waals surface area contributed by atoms with E-state index in [-0.39, 0.29) is 18.0 Å². The quantitative estimate of drug-likeness (QED) is 0.462. The summed E-state index contributed by atoms with van der Waals surface area (Å²) in [6, 6.07) is 13.9. The van der Waals surface area contributed by atoms with E-state index in [0.717, 1.165) is 18.2 Å². The number of fused-ring (bicyclic) bond motifs is 1. The molecule has 0 bridgehead atoms. The van der Waals surface area contributed by atoms with Crippen LogP contribution in [0.25, 0.3) is 22.4 Å². The number of carbonyl (C=O) groups excluding carboxylic acids is 1. The lowest BCUT2D eigenvalue weighted by molar-refractivity contribution is -0.116. The van der Waals surface area contributed by atoms with Crippen molar-refractivity contribution in [3.05, 3.63) is 64.7 Å². The van der Waals surface area contributed by atoms with Crippen LogP contribution in [0.15, 0.2) is 57.8 Å². The molecule has 0 aliphatic heterocycles. The Hall–Kier alpha value is -4.14. The van der Waals surface area contributed by atoms with Crippen LogP contribution in [0.2, 0.25) is 0 Å². The molecule has 1 aliphatic carbocycles. The van der Waals surface area contributed by atoms with Gasteiger partial charge in [-0.25, -0.2) is 0 Å². The van der Waals surface area contributed by atoms with E-state index in [1.165, 1.54) is 17.7 Å². The highest BCUT2D eigenvalue weighted by atomic mass is 16.5. The van der Waals surface area contributed by atoms with E-state index in [1.807, 2.05) is 18.2 Å². The van der Waals surface area contributed by atoms with Gasteiger partial charge in [-0.3, -0.25) is 14.2 Å². The molecule has 9 nitrogen and oxygen atoms in total. The van der Waals surface area contributed by atoms with E-state index in [2.05, 4.69) is 15.5 Å². The van der Waals surface area contributed by atoms with Gasteiger partial charge in [-0.15, -0.1) is 0 Å². The molecule has 2 aromatic heterocycles. The predicted molar refractivity (Wildman–Crippen MR) is 122 cm³/mol. The first-order valence-corrected chi connectivity index (χ1v) is 10.6. The molecule has 0 spiro atoms. The summed E-state index contributed by atoms with van der Waals surface area (Å²) in [6.07, 6.45) is 2.10. The van der Waals surface area contributed by atoms with Crippen LogP contribution in [0.5, 0.6) is 11.5 Å². The number of pyridine rings is 1. The smallest absolute Gasteiger partial charge is 0.258 e. The molecule has 5 rings (SSSR count). The van der Waals surface area contributed by atoms with Crippen LogP contribution in [-0.2, 0) is 11.3 Å². The van der Waals surface area contributed by atoms with Crippen molar-refractivity contribution in [2.24, 2.45) is 0 Å². The molecule has 33 heavy (non-hydrogen) atoms. The van der Waals surface area contributed by atoms with Crippen molar-refractivity contribution < 1.29 is 18.8 Å². The summed E-state index contributed by atoms with van der Waals surface area (Å²) in [4.78, 5) is 30.4. The Bertz CT molecular complexity index is 1400. The molecule has 2 heterocycles. The zero-order valence-corrected chi connectivity index (χ0v) is 18.2. The first kappa shape index (κ1) is 20.7. The molecule has 1 saturated carbocycles. The van der Waals surface area contributed by atoms with Gasteiger partial charge in [0.1, 0.15) is 18.0 Å². The van der Waals surface area contributed by atoms with E-state index in [1.54, 1.807) is 31.4 Å². The molecule has 9 heteroatoms. The summed E-state index contributed by atoms with van der Waals surface area (Å²) in [7, 11) is 3.06. The molecule has 168 valence electrons. The van der Waals surface area contributed by atoms with Crippen molar-refractivity contribution in [1.29, 1.82) is 0 Å². The molecule has 0 unspecified atom stereocenters. The summed E-state index contributed by atoms with van der Waals surface area (Å²) >= 11 is 0. The number of hydrogen-bond acceptors (Lipinski definition) is 7. The second-order valence-electron chi connectivity index (χ2n) is 7.85. The molecule has 4 aromatic rings. The highest BCUT2D eigenvalue weighted by Gasteiger charge is 2.29. The van der Waals surface area contributed by atoms with Crippen molar-refractivity contribution in [1.82, 2.24) is 14.7 Å². The summed E-state index contributed by atoms with van der Waals surface area (Å²) in [5.41, 5.74) is 1.30. The first-order valence-electron chi connectivity index (χ1n) is 10.6. The van der Waals surface area contributed by atoms with Crippen LogP contribution in [0.1, 0.15) is 24.6 Å². The highest BCUT2D eigenvalue weighted by molar-refractivity contribution is 5.96. The van der Waals surface area contributed by atoms with Crippen molar-refractivity contribution in [2.45, 2.75) is 25.3 Å². The van der Waals surface area contributed by atoms with Crippen LogP contribution in [0.4, 0.5) is 5.69 Å². The number of amides is 1. The minimum atomic E-state index is -0.368. The number of nitrogens with one attached hydrogen (secondary N) is 1. The number of aromatic nitrogens is 3. The van der Waals surface area contributed by atoms with Gasteiger partial charge in [0.05, 0.1) is 31.0 Å². The summed E-state index contributed by atoms with van der Waals surface area (Å²) in [5.74, 6) is 2.02. The molecule has 2 aromatic carbocycles. The Balaban J connectivity index is 1.47. The summed E-state index contributed by atoms with van der Waals surface area (Å²) in [6.45, 7) is -0.175. The fraction of sp³-hybridized carbons (Fsp3) is 0.250. The van der Waals surface area contributed by atoms with E-state index in [0.29, 0.717) is 45.9 Å². The maximum Gasteiger partial charge on any atom is 0.258 e. The lowest BCUT2D eigenvalue weighted by Crippen LogP contribution is -2.28. The molecule has 1 amide bonds. The van der Waals surface area contributed by atoms with Crippen LogP contribution in [0, 0.1) is 0 Å². The zero-order chi connectivity index (χ0) is 22.9. The molecule has 0 radical (unpaired) electrons.